The van der Waals surface area contributed by atoms with Gasteiger partial charge in [-0.05, 0) is 30.9 Å². The SMILES string of the molecule is CCOCc1ccccc1CNC(=NC)N1CCOC(C2CCCO2)C1.I. The number of aliphatic imine (C=N–C) groups is 1. The monoisotopic (exact) mass is 489 g/mol. The number of benzene rings is 1. The van der Waals surface area contributed by atoms with Gasteiger partial charge in [-0.2, -0.15) is 0 Å². The van der Waals surface area contributed by atoms with Crippen molar-refractivity contribution >= 4 is 29.9 Å². The number of morpholine rings is 1. The van der Waals surface area contributed by atoms with Gasteiger partial charge in [-0.1, -0.05) is 24.3 Å². The van der Waals surface area contributed by atoms with E-state index < -0.39 is 0 Å². The van der Waals surface area contributed by atoms with Crippen LogP contribution in [0.5, 0.6) is 0 Å². The van der Waals surface area contributed by atoms with Gasteiger partial charge in [-0.3, -0.25) is 4.99 Å². The molecule has 0 spiro atoms. The second kappa shape index (κ2) is 11.8. The van der Waals surface area contributed by atoms with E-state index in [0.717, 1.165) is 51.6 Å². The van der Waals surface area contributed by atoms with Gasteiger partial charge in [0.05, 0.1) is 19.3 Å². The van der Waals surface area contributed by atoms with Crippen LogP contribution in [-0.2, 0) is 27.4 Å². The summed E-state index contributed by atoms with van der Waals surface area (Å²) in [6.45, 7) is 7.37. The first-order valence-corrected chi connectivity index (χ1v) is 9.65. The van der Waals surface area contributed by atoms with Crippen LogP contribution in [0.2, 0.25) is 0 Å². The summed E-state index contributed by atoms with van der Waals surface area (Å²) in [6, 6.07) is 8.39. The number of guanidine groups is 1. The second-order valence-electron chi connectivity index (χ2n) is 6.71. The maximum atomic E-state index is 5.95. The largest absolute Gasteiger partial charge is 0.377 e. The number of nitrogens with one attached hydrogen (secondary N) is 1. The van der Waals surface area contributed by atoms with Crippen LogP contribution in [-0.4, -0.2) is 63.0 Å². The quantitative estimate of drug-likeness (QED) is 0.379. The van der Waals surface area contributed by atoms with Crippen molar-refractivity contribution in [2.45, 2.75) is 45.1 Å². The zero-order chi connectivity index (χ0) is 18.2. The van der Waals surface area contributed by atoms with E-state index in [0.29, 0.717) is 13.2 Å². The van der Waals surface area contributed by atoms with E-state index in [4.69, 9.17) is 14.2 Å². The molecule has 2 heterocycles. The van der Waals surface area contributed by atoms with Gasteiger partial charge >= 0.3 is 0 Å². The lowest BCUT2D eigenvalue weighted by molar-refractivity contribution is -0.0817. The van der Waals surface area contributed by atoms with Crippen molar-refractivity contribution in [1.29, 1.82) is 0 Å². The van der Waals surface area contributed by atoms with Crippen LogP contribution in [0.1, 0.15) is 30.9 Å². The molecule has 2 aliphatic rings. The molecule has 6 nitrogen and oxygen atoms in total. The third-order valence-electron chi connectivity index (χ3n) is 5.00. The van der Waals surface area contributed by atoms with E-state index in [1.165, 1.54) is 11.1 Å². The molecule has 7 heteroatoms. The van der Waals surface area contributed by atoms with Crippen molar-refractivity contribution in [2.75, 3.05) is 40.0 Å². The molecule has 0 aliphatic carbocycles. The summed E-state index contributed by atoms with van der Waals surface area (Å²) < 4.78 is 17.3. The fourth-order valence-electron chi connectivity index (χ4n) is 3.58. The Morgan fingerprint density at radius 1 is 1.22 bits per heavy atom. The summed E-state index contributed by atoms with van der Waals surface area (Å²) in [5, 5.41) is 3.51. The van der Waals surface area contributed by atoms with Crippen molar-refractivity contribution in [3.05, 3.63) is 35.4 Å². The first kappa shape index (κ1) is 22.4. The van der Waals surface area contributed by atoms with Crippen LogP contribution in [0.25, 0.3) is 0 Å². The number of rotatable bonds is 6. The first-order valence-electron chi connectivity index (χ1n) is 9.65. The highest BCUT2D eigenvalue weighted by Gasteiger charge is 2.32. The fourth-order valence-corrected chi connectivity index (χ4v) is 3.58. The van der Waals surface area contributed by atoms with Crippen LogP contribution in [0.3, 0.4) is 0 Å². The molecule has 2 unspecified atom stereocenters. The Labute approximate surface area is 179 Å². The summed E-state index contributed by atoms with van der Waals surface area (Å²) in [4.78, 5) is 6.76. The molecule has 2 aliphatic heterocycles. The van der Waals surface area contributed by atoms with E-state index in [9.17, 15) is 0 Å². The molecular formula is C20H32IN3O3. The topological polar surface area (TPSA) is 55.3 Å². The lowest BCUT2D eigenvalue weighted by Crippen LogP contribution is -2.53. The van der Waals surface area contributed by atoms with Gasteiger partial charge in [0.1, 0.15) is 6.10 Å². The predicted molar refractivity (Wildman–Crippen MR) is 118 cm³/mol. The second-order valence-corrected chi connectivity index (χ2v) is 6.71. The van der Waals surface area contributed by atoms with Crippen LogP contribution in [0, 0.1) is 0 Å². The molecule has 27 heavy (non-hydrogen) atoms. The van der Waals surface area contributed by atoms with E-state index in [1.807, 2.05) is 14.0 Å². The van der Waals surface area contributed by atoms with Crippen LogP contribution in [0.4, 0.5) is 0 Å². The highest BCUT2D eigenvalue weighted by molar-refractivity contribution is 14.0. The van der Waals surface area contributed by atoms with Gasteiger partial charge in [0.25, 0.3) is 0 Å². The zero-order valence-corrected chi connectivity index (χ0v) is 18.7. The molecular weight excluding hydrogens is 457 g/mol. The third-order valence-corrected chi connectivity index (χ3v) is 5.00. The Hall–Kier alpha value is -0.900. The molecule has 2 atom stereocenters. The van der Waals surface area contributed by atoms with Gasteiger partial charge in [0, 0.05) is 39.9 Å². The van der Waals surface area contributed by atoms with Crippen molar-refractivity contribution in [3.63, 3.8) is 0 Å². The zero-order valence-electron chi connectivity index (χ0n) is 16.4. The predicted octanol–water partition coefficient (Wildman–Crippen LogP) is 2.80. The molecule has 0 amide bonds. The lowest BCUT2D eigenvalue weighted by Gasteiger charge is -2.37. The molecule has 0 bridgehead atoms. The molecule has 1 aromatic rings. The van der Waals surface area contributed by atoms with Crippen molar-refractivity contribution in [1.82, 2.24) is 10.2 Å². The Balaban J connectivity index is 0.00000261. The van der Waals surface area contributed by atoms with Gasteiger partial charge < -0.3 is 24.4 Å². The molecule has 152 valence electrons. The van der Waals surface area contributed by atoms with Gasteiger partial charge in [0.2, 0.25) is 0 Å². The average molecular weight is 489 g/mol. The molecule has 2 saturated heterocycles. The van der Waals surface area contributed by atoms with Crippen molar-refractivity contribution in [2.24, 2.45) is 4.99 Å². The Kier molecular flexibility index (Phi) is 9.81. The number of halogens is 1. The van der Waals surface area contributed by atoms with Crippen LogP contribution in [0.15, 0.2) is 29.3 Å². The molecule has 1 aromatic carbocycles. The smallest absolute Gasteiger partial charge is 0.194 e. The molecule has 3 rings (SSSR count). The number of hydrogen-bond donors (Lipinski definition) is 1. The summed E-state index contributed by atoms with van der Waals surface area (Å²) in [6.07, 6.45) is 2.58. The summed E-state index contributed by atoms with van der Waals surface area (Å²) in [7, 11) is 1.84. The van der Waals surface area contributed by atoms with E-state index in [-0.39, 0.29) is 36.2 Å². The highest BCUT2D eigenvalue weighted by atomic mass is 127. The Morgan fingerprint density at radius 2 is 2.00 bits per heavy atom. The Bertz CT molecular complexity index is 594. The average Bonchev–Trinajstić information content (AvgIpc) is 3.23. The summed E-state index contributed by atoms with van der Waals surface area (Å²) in [5.41, 5.74) is 2.46. The molecule has 2 fully saturated rings. The Morgan fingerprint density at radius 3 is 2.70 bits per heavy atom. The highest BCUT2D eigenvalue weighted by Crippen LogP contribution is 2.21. The van der Waals surface area contributed by atoms with E-state index in [2.05, 4.69) is 39.5 Å². The van der Waals surface area contributed by atoms with Gasteiger partial charge in [-0.15, -0.1) is 24.0 Å². The number of hydrogen-bond acceptors (Lipinski definition) is 4. The van der Waals surface area contributed by atoms with E-state index >= 15 is 0 Å². The summed E-state index contributed by atoms with van der Waals surface area (Å²) in [5.74, 6) is 0.919. The minimum absolute atomic E-state index is 0. The normalized spacial score (nSPS) is 23.2. The molecule has 0 aromatic heterocycles. The number of ether oxygens (including phenoxy) is 3. The van der Waals surface area contributed by atoms with Gasteiger partial charge in [-0.25, -0.2) is 0 Å². The molecule has 0 radical (unpaired) electrons. The fraction of sp³-hybridized carbons (Fsp3) is 0.650. The molecule has 1 N–H and O–H groups in total. The van der Waals surface area contributed by atoms with Crippen LogP contribution >= 0.6 is 24.0 Å². The minimum atomic E-state index is 0. The van der Waals surface area contributed by atoms with Crippen molar-refractivity contribution in [3.8, 4) is 0 Å². The first-order chi connectivity index (χ1) is 12.8. The van der Waals surface area contributed by atoms with Gasteiger partial charge in [0.15, 0.2) is 5.96 Å². The molecule has 0 saturated carbocycles. The third kappa shape index (κ3) is 6.30. The minimum Gasteiger partial charge on any atom is -0.377 e. The maximum Gasteiger partial charge on any atom is 0.194 e. The maximum absolute atomic E-state index is 5.95. The standard InChI is InChI=1S/C20H31N3O3.HI/c1-3-24-15-17-8-5-4-7-16(17)13-22-20(21-2)23-10-12-26-19(14-23)18-9-6-11-25-18;/h4-5,7-8,18-19H,3,6,9-15H2,1-2H3,(H,21,22);1H. The lowest BCUT2D eigenvalue weighted by atomic mass is 10.1. The van der Waals surface area contributed by atoms with Crippen molar-refractivity contribution < 1.29 is 14.2 Å². The number of nitrogens with zero attached hydrogens (tertiary/aromatic N) is 2. The van der Waals surface area contributed by atoms with Crippen LogP contribution < -0.4 is 5.32 Å². The van der Waals surface area contributed by atoms with E-state index in [1.54, 1.807) is 0 Å². The summed E-state index contributed by atoms with van der Waals surface area (Å²) >= 11 is 0.